The topological polar surface area (TPSA) is 45.2 Å². The number of hydrogen-bond donors (Lipinski definition) is 1. The molecule has 2 heterocycles. The maximum Gasteiger partial charge on any atom is 0.241 e. The number of rotatable bonds is 4. The van der Waals surface area contributed by atoms with Crippen molar-refractivity contribution in [2.75, 3.05) is 11.9 Å². The van der Waals surface area contributed by atoms with Crippen molar-refractivity contribution in [3.8, 4) is 0 Å². The highest BCUT2D eigenvalue weighted by molar-refractivity contribution is 6.33. The standard InChI is InChI=1S/C18H20ClN3O/c19-15-7-1-2-8-16(15)21-18(23)17-9-3-4-11-22(17)13-14-6-5-10-20-12-14/h1-2,5-8,10,12,17H,3-4,9,11,13H2,(H,21,23)/t17-/m1/s1. The van der Waals surface area contributed by atoms with Crippen LogP contribution in [0, 0.1) is 0 Å². The fourth-order valence-corrected chi connectivity index (χ4v) is 3.16. The summed E-state index contributed by atoms with van der Waals surface area (Å²) >= 11 is 6.14. The molecule has 1 amide bonds. The van der Waals surface area contributed by atoms with Crippen LogP contribution in [0.25, 0.3) is 0 Å². The third-order valence-corrected chi connectivity index (χ3v) is 4.49. The van der Waals surface area contributed by atoms with Crippen molar-refractivity contribution in [3.63, 3.8) is 0 Å². The van der Waals surface area contributed by atoms with E-state index in [2.05, 4.69) is 15.2 Å². The Morgan fingerprint density at radius 1 is 1.26 bits per heavy atom. The number of halogens is 1. The van der Waals surface area contributed by atoms with E-state index in [9.17, 15) is 4.79 Å². The molecule has 1 saturated heterocycles. The van der Waals surface area contributed by atoms with E-state index in [1.54, 1.807) is 12.3 Å². The van der Waals surface area contributed by atoms with Crippen LogP contribution in [-0.4, -0.2) is 28.4 Å². The Labute approximate surface area is 141 Å². The van der Waals surface area contributed by atoms with Gasteiger partial charge in [0.1, 0.15) is 0 Å². The Morgan fingerprint density at radius 3 is 2.91 bits per heavy atom. The lowest BCUT2D eigenvalue weighted by Gasteiger charge is -2.34. The summed E-state index contributed by atoms with van der Waals surface area (Å²) < 4.78 is 0. The molecule has 1 atom stereocenters. The quantitative estimate of drug-likeness (QED) is 0.929. The van der Waals surface area contributed by atoms with E-state index in [1.165, 1.54) is 0 Å². The highest BCUT2D eigenvalue weighted by atomic mass is 35.5. The van der Waals surface area contributed by atoms with Crippen molar-refractivity contribution in [2.24, 2.45) is 0 Å². The number of anilines is 1. The van der Waals surface area contributed by atoms with Crippen molar-refractivity contribution in [2.45, 2.75) is 31.8 Å². The average molecular weight is 330 g/mol. The summed E-state index contributed by atoms with van der Waals surface area (Å²) in [7, 11) is 0. The average Bonchev–Trinajstić information content (AvgIpc) is 2.58. The van der Waals surface area contributed by atoms with Crippen LogP contribution in [0.3, 0.4) is 0 Å². The van der Waals surface area contributed by atoms with E-state index in [-0.39, 0.29) is 11.9 Å². The highest BCUT2D eigenvalue weighted by Crippen LogP contribution is 2.24. The second-order valence-electron chi connectivity index (χ2n) is 5.81. The monoisotopic (exact) mass is 329 g/mol. The molecule has 120 valence electrons. The van der Waals surface area contributed by atoms with Gasteiger partial charge in [-0.25, -0.2) is 0 Å². The van der Waals surface area contributed by atoms with Gasteiger partial charge < -0.3 is 5.32 Å². The van der Waals surface area contributed by atoms with Crippen molar-refractivity contribution in [1.82, 2.24) is 9.88 Å². The van der Waals surface area contributed by atoms with Gasteiger partial charge in [0.05, 0.1) is 16.8 Å². The van der Waals surface area contributed by atoms with E-state index >= 15 is 0 Å². The highest BCUT2D eigenvalue weighted by Gasteiger charge is 2.29. The van der Waals surface area contributed by atoms with Gasteiger partial charge in [0.2, 0.25) is 5.91 Å². The van der Waals surface area contributed by atoms with Crippen molar-refractivity contribution in [1.29, 1.82) is 0 Å². The number of nitrogens with zero attached hydrogens (tertiary/aromatic N) is 2. The molecule has 1 aliphatic rings. The molecule has 0 bridgehead atoms. The lowest BCUT2D eigenvalue weighted by Crippen LogP contribution is -2.46. The van der Waals surface area contributed by atoms with Crippen LogP contribution >= 0.6 is 11.6 Å². The van der Waals surface area contributed by atoms with Gasteiger partial charge >= 0.3 is 0 Å². The normalized spacial score (nSPS) is 18.6. The zero-order valence-electron chi connectivity index (χ0n) is 12.9. The number of carbonyl (C=O) groups excluding carboxylic acids is 1. The summed E-state index contributed by atoms with van der Waals surface area (Å²) in [5.41, 5.74) is 1.80. The molecule has 1 aromatic carbocycles. The van der Waals surface area contributed by atoms with E-state index < -0.39 is 0 Å². The Bertz CT molecular complexity index is 662. The third kappa shape index (κ3) is 4.09. The molecule has 0 unspecified atom stereocenters. The number of nitrogens with one attached hydrogen (secondary N) is 1. The number of amides is 1. The number of aromatic nitrogens is 1. The Morgan fingerprint density at radius 2 is 2.13 bits per heavy atom. The van der Waals surface area contributed by atoms with Gasteiger partial charge in [-0.05, 0) is 43.1 Å². The summed E-state index contributed by atoms with van der Waals surface area (Å²) in [5, 5.41) is 3.53. The number of carbonyl (C=O) groups is 1. The first-order valence-corrected chi connectivity index (χ1v) is 8.30. The van der Waals surface area contributed by atoms with Gasteiger partial charge in [-0.15, -0.1) is 0 Å². The van der Waals surface area contributed by atoms with Crippen LogP contribution in [0.5, 0.6) is 0 Å². The Hall–Kier alpha value is -1.91. The van der Waals surface area contributed by atoms with Gasteiger partial charge in [-0.3, -0.25) is 14.7 Å². The van der Waals surface area contributed by atoms with Crippen LogP contribution < -0.4 is 5.32 Å². The fourth-order valence-electron chi connectivity index (χ4n) is 2.98. The van der Waals surface area contributed by atoms with Crippen molar-refractivity contribution < 1.29 is 4.79 Å². The molecule has 1 aromatic heterocycles. The smallest absolute Gasteiger partial charge is 0.241 e. The predicted octanol–water partition coefficient (Wildman–Crippen LogP) is 3.73. The molecule has 0 saturated carbocycles. The number of para-hydroxylation sites is 1. The van der Waals surface area contributed by atoms with Crippen molar-refractivity contribution >= 4 is 23.2 Å². The summed E-state index contributed by atoms with van der Waals surface area (Å²) in [6.07, 6.45) is 6.69. The predicted molar refractivity (Wildman–Crippen MR) is 92.4 cm³/mol. The first-order chi connectivity index (χ1) is 11.2. The first kappa shape index (κ1) is 16.0. The van der Waals surface area contributed by atoms with Gasteiger partial charge in [-0.2, -0.15) is 0 Å². The van der Waals surface area contributed by atoms with Gasteiger partial charge in [0.25, 0.3) is 0 Å². The maximum atomic E-state index is 12.7. The molecule has 0 aliphatic carbocycles. The Kier molecular flexibility index (Phi) is 5.26. The van der Waals surface area contributed by atoms with E-state index in [4.69, 9.17) is 11.6 Å². The largest absolute Gasteiger partial charge is 0.323 e. The molecular formula is C18H20ClN3O. The zero-order chi connectivity index (χ0) is 16.1. The second-order valence-corrected chi connectivity index (χ2v) is 6.22. The van der Waals surface area contributed by atoms with E-state index in [1.807, 2.05) is 36.5 Å². The summed E-state index contributed by atoms with van der Waals surface area (Å²) in [6.45, 7) is 1.67. The van der Waals surface area contributed by atoms with Crippen molar-refractivity contribution in [3.05, 3.63) is 59.4 Å². The molecule has 0 radical (unpaired) electrons. The van der Waals surface area contributed by atoms with Crippen LogP contribution in [0.2, 0.25) is 5.02 Å². The molecule has 23 heavy (non-hydrogen) atoms. The van der Waals surface area contributed by atoms with E-state index in [0.29, 0.717) is 10.7 Å². The molecule has 1 N–H and O–H groups in total. The van der Waals surface area contributed by atoms with Crippen LogP contribution in [0.15, 0.2) is 48.8 Å². The number of piperidine rings is 1. The summed E-state index contributed by atoms with van der Waals surface area (Å²) in [6, 6.07) is 11.2. The summed E-state index contributed by atoms with van der Waals surface area (Å²) in [5.74, 6) is 0.0155. The fraction of sp³-hybridized carbons (Fsp3) is 0.333. The number of benzene rings is 1. The maximum absolute atomic E-state index is 12.7. The minimum atomic E-state index is -0.125. The minimum absolute atomic E-state index is 0.0155. The number of pyridine rings is 1. The lowest BCUT2D eigenvalue weighted by atomic mass is 10.0. The molecule has 1 fully saturated rings. The lowest BCUT2D eigenvalue weighted by molar-refractivity contribution is -0.122. The summed E-state index contributed by atoms with van der Waals surface area (Å²) in [4.78, 5) is 19.1. The molecule has 3 rings (SSSR count). The third-order valence-electron chi connectivity index (χ3n) is 4.16. The molecule has 5 heteroatoms. The van der Waals surface area contributed by atoms with Gasteiger partial charge in [0.15, 0.2) is 0 Å². The van der Waals surface area contributed by atoms with Crippen LogP contribution in [-0.2, 0) is 11.3 Å². The number of likely N-dealkylation sites (tertiary alicyclic amines) is 1. The SMILES string of the molecule is O=C(Nc1ccccc1Cl)[C@H]1CCCCN1Cc1cccnc1. The molecular weight excluding hydrogens is 310 g/mol. The van der Waals surface area contributed by atoms with Crippen LogP contribution in [0.1, 0.15) is 24.8 Å². The van der Waals surface area contributed by atoms with Gasteiger partial charge in [0, 0.05) is 18.9 Å². The first-order valence-electron chi connectivity index (χ1n) is 7.92. The molecule has 0 spiro atoms. The second kappa shape index (κ2) is 7.57. The van der Waals surface area contributed by atoms with Crippen LogP contribution in [0.4, 0.5) is 5.69 Å². The zero-order valence-corrected chi connectivity index (χ0v) is 13.7. The van der Waals surface area contributed by atoms with E-state index in [0.717, 1.165) is 37.9 Å². The molecule has 4 nitrogen and oxygen atoms in total. The Balaban J connectivity index is 1.70. The minimum Gasteiger partial charge on any atom is -0.323 e. The number of hydrogen-bond acceptors (Lipinski definition) is 3. The molecule has 2 aromatic rings. The molecule has 1 aliphatic heterocycles. The van der Waals surface area contributed by atoms with Gasteiger partial charge in [-0.1, -0.05) is 36.2 Å².